The zero-order valence-corrected chi connectivity index (χ0v) is 17.1. The van der Waals surface area contributed by atoms with Crippen LogP contribution in [0.1, 0.15) is 53.6 Å². The fourth-order valence-electron chi connectivity index (χ4n) is 4.85. The molecule has 10 heteroatoms. The lowest BCUT2D eigenvalue weighted by molar-refractivity contribution is -0.138. The Morgan fingerprint density at radius 3 is 2.77 bits per heavy atom. The molecule has 0 amide bonds. The minimum atomic E-state index is -4.79. The summed E-state index contributed by atoms with van der Waals surface area (Å²) in [7, 11) is 0. The molecule has 1 spiro atoms. The first-order valence-corrected chi connectivity index (χ1v) is 10.5. The normalized spacial score (nSPS) is 22.0. The summed E-state index contributed by atoms with van der Waals surface area (Å²) < 4.78 is 65.4. The second kappa shape index (κ2) is 7.37. The average Bonchev–Trinajstić information content (AvgIpc) is 3.28. The number of esters is 1. The highest BCUT2D eigenvalue weighted by Crippen LogP contribution is 2.56. The minimum Gasteiger partial charge on any atom is -0.460 e. The zero-order valence-electron chi connectivity index (χ0n) is 17.1. The van der Waals surface area contributed by atoms with Gasteiger partial charge in [0.1, 0.15) is 23.1 Å². The molecule has 2 fully saturated rings. The number of furan rings is 1. The van der Waals surface area contributed by atoms with Crippen LogP contribution in [0.15, 0.2) is 10.6 Å². The summed E-state index contributed by atoms with van der Waals surface area (Å²) in [6.45, 7) is 3.28. The van der Waals surface area contributed by atoms with E-state index in [0.717, 1.165) is 24.8 Å². The average molecular weight is 440 g/mol. The lowest BCUT2D eigenvalue weighted by Crippen LogP contribution is -2.38. The summed E-state index contributed by atoms with van der Waals surface area (Å²) >= 11 is 0. The van der Waals surface area contributed by atoms with Crippen LogP contribution in [-0.4, -0.2) is 48.3 Å². The fraction of sp³-hybridized carbons (Fsp3) is 0.619. The molecule has 0 bridgehead atoms. The molecule has 168 valence electrons. The van der Waals surface area contributed by atoms with E-state index in [1.807, 2.05) is 6.20 Å². The Balaban J connectivity index is 1.62. The van der Waals surface area contributed by atoms with Crippen molar-refractivity contribution in [3.05, 3.63) is 28.8 Å². The highest BCUT2D eigenvalue weighted by molar-refractivity contribution is 5.92. The maximum absolute atomic E-state index is 14.1. The SMILES string of the molecule is CCOC(=O)c1oc2c(c1C(F)(F)F)-c1nn(C[C@H]3COCCO3)cc1C1(CCC1)C2. The van der Waals surface area contributed by atoms with Gasteiger partial charge >= 0.3 is 12.1 Å². The molecular formula is C21H23F3N2O5. The Labute approximate surface area is 176 Å². The van der Waals surface area contributed by atoms with Gasteiger partial charge in [0.15, 0.2) is 0 Å². The van der Waals surface area contributed by atoms with Gasteiger partial charge in [0, 0.05) is 23.6 Å². The van der Waals surface area contributed by atoms with E-state index in [-0.39, 0.29) is 35.1 Å². The Morgan fingerprint density at radius 1 is 1.35 bits per heavy atom. The molecular weight excluding hydrogens is 417 g/mol. The van der Waals surface area contributed by atoms with Gasteiger partial charge < -0.3 is 18.6 Å². The summed E-state index contributed by atoms with van der Waals surface area (Å²) in [5.41, 5.74) is -0.521. The molecule has 0 radical (unpaired) electrons. The van der Waals surface area contributed by atoms with E-state index >= 15 is 0 Å². The van der Waals surface area contributed by atoms with Crippen LogP contribution in [-0.2, 0) is 38.8 Å². The molecule has 2 aromatic rings. The maximum Gasteiger partial charge on any atom is 0.421 e. The van der Waals surface area contributed by atoms with Gasteiger partial charge in [0.05, 0.1) is 38.5 Å². The highest BCUT2D eigenvalue weighted by Gasteiger charge is 2.52. The van der Waals surface area contributed by atoms with E-state index in [2.05, 4.69) is 5.10 Å². The van der Waals surface area contributed by atoms with Gasteiger partial charge in [-0.15, -0.1) is 0 Å². The summed E-state index contributed by atoms with van der Waals surface area (Å²) in [5.74, 6) is -1.74. The molecule has 3 aliphatic rings. The number of ether oxygens (including phenoxy) is 3. The number of nitrogens with zero attached hydrogens (tertiary/aromatic N) is 2. The first-order chi connectivity index (χ1) is 14.8. The van der Waals surface area contributed by atoms with Crippen molar-refractivity contribution in [1.82, 2.24) is 9.78 Å². The second-order valence-electron chi connectivity index (χ2n) is 8.31. The summed E-state index contributed by atoms with van der Waals surface area (Å²) in [6, 6.07) is 0. The quantitative estimate of drug-likeness (QED) is 0.675. The molecule has 7 nitrogen and oxygen atoms in total. The van der Waals surface area contributed by atoms with Gasteiger partial charge in [-0.2, -0.15) is 18.3 Å². The Morgan fingerprint density at radius 2 is 2.16 bits per heavy atom. The smallest absolute Gasteiger partial charge is 0.421 e. The number of hydrogen-bond donors (Lipinski definition) is 0. The molecule has 1 aliphatic heterocycles. The molecule has 1 saturated heterocycles. The number of carbonyl (C=O) groups is 1. The largest absolute Gasteiger partial charge is 0.460 e. The van der Waals surface area contributed by atoms with E-state index in [1.54, 1.807) is 4.68 Å². The van der Waals surface area contributed by atoms with E-state index < -0.39 is 23.5 Å². The van der Waals surface area contributed by atoms with Crippen molar-refractivity contribution < 1.29 is 36.6 Å². The van der Waals surface area contributed by atoms with Crippen LogP contribution in [0.25, 0.3) is 11.3 Å². The number of carbonyl (C=O) groups excluding carboxylic acids is 1. The lowest BCUT2D eigenvalue weighted by Gasteiger charge is -2.43. The molecule has 2 aliphatic carbocycles. The van der Waals surface area contributed by atoms with Crippen molar-refractivity contribution in [3.8, 4) is 11.3 Å². The summed E-state index contributed by atoms with van der Waals surface area (Å²) in [6.07, 6.45) is -0.204. The van der Waals surface area contributed by atoms with Crippen LogP contribution in [0.2, 0.25) is 0 Å². The molecule has 2 aromatic heterocycles. The van der Waals surface area contributed by atoms with Crippen molar-refractivity contribution in [1.29, 1.82) is 0 Å². The number of halogens is 3. The Bertz CT molecular complexity index is 1000. The molecule has 0 N–H and O–H groups in total. The van der Waals surface area contributed by atoms with Crippen LogP contribution in [0.5, 0.6) is 0 Å². The molecule has 0 unspecified atom stereocenters. The second-order valence-corrected chi connectivity index (χ2v) is 8.31. The topological polar surface area (TPSA) is 75.7 Å². The summed E-state index contributed by atoms with van der Waals surface area (Å²) in [5, 5.41) is 4.53. The van der Waals surface area contributed by atoms with Crippen molar-refractivity contribution in [2.45, 2.75) is 56.8 Å². The molecule has 31 heavy (non-hydrogen) atoms. The standard InChI is InChI=1S/C21H23F3N2O5/c1-2-29-19(27)18-16(21(22,23)24)15-14(31-18)8-20(4-3-5-20)13-10-26(25-17(13)15)9-12-11-28-6-7-30-12/h10,12H,2-9,11H2,1H3/t12-/m0/s1. The van der Waals surface area contributed by atoms with Gasteiger partial charge in [-0.05, 0) is 19.8 Å². The van der Waals surface area contributed by atoms with Crippen LogP contribution in [0, 0.1) is 0 Å². The van der Waals surface area contributed by atoms with Crippen molar-refractivity contribution in [2.24, 2.45) is 0 Å². The molecule has 1 atom stereocenters. The van der Waals surface area contributed by atoms with Gasteiger partial charge in [-0.25, -0.2) is 4.79 Å². The number of hydrogen-bond acceptors (Lipinski definition) is 6. The molecule has 5 rings (SSSR count). The maximum atomic E-state index is 14.1. The van der Waals surface area contributed by atoms with Crippen LogP contribution >= 0.6 is 0 Å². The monoisotopic (exact) mass is 440 g/mol. The van der Waals surface area contributed by atoms with Crippen molar-refractivity contribution in [3.63, 3.8) is 0 Å². The van der Waals surface area contributed by atoms with E-state index in [0.29, 0.717) is 32.8 Å². The van der Waals surface area contributed by atoms with Gasteiger partial charge in [-0.1, -0.05) is 6.42 Å². The predicted molar refractivity (Wildman–Crippen MR) is 101 cm³/mol. The number of fused-ring (bicyclic) bond motifs is 4. The van der Waals surface area contributed by atoms with E-state index in [9.17, 15) is 18.0 Å². The fourth-order valence-corrected chi connectivity index (χ4v) is 4.85. The molecule has 1 saturated carbocycles. The predicted octanol–water partition coefficient (Wildman–Crippen LogP) is 3.73. The van der Waals surface area contributed by atoms with Crippen molar-refractivity contribution >= 4 is 5.97 Å². The van der Waals surface area contributed by atoms with Crippen LogP contribution < -0.4 is 0 Å². The van der Waals surface area contributed by atoms with Crippen LogP contribution in [0.3, 0.4) is 0 Å². The highest BCUT2D eigenvalue weighted by atomic mass is 19.4. The third kappa shape index (κ3) is 3.36. The third-order valence-electron chi connectivity index (χ3n) is 6.38. The minimum absolute atomic E-state index is 0.0469. The first-order valence-electron chi connectivity index (χ1n) is 10.5. The Kier molecular flexibility index (Phi) is 4.89. The zero-order chi connectivity index (χ0) is 21.8. The first kappa shape index (κ1) is 20.6. The van der Waals surface area contributed by atoms with Crippen molar-refractivity contribution in [2.75, 3.05) is 26.4 Å². The molecule has 3 heterocycles. The summed E-state index contributed by atoms with van der Waals surface area (Å²) in [4.78, 5) is 12.3. The molecule has 0 aromatic carbocycles. The Hall–Kier alpha value is -2.33. The van der Waals surface area contributed by atoms with E-state index in [1.165, 1.54) is 6.92 Å². The van der Waals surface area contributed by atoms with E-state index in [4.69, 9.17) is 18.6 Å². The number of rotatable bonds is 4. The van der Waals surface area contributed by atoms with Gasteiger partial charge in [-0.3, -0.25) is 4.68 Å². The van der Waals surface area contributed by atoms with Gasteiger partial charge in [0.2, 0.25) is 5.76 Å². The third-order valence-corrected chi connectivity index (χ3v) is 6.38. The van der Waals surface area contributed by atoms with Gasteiger partial charge in [0.25, 0.3) is 0 Å². The number of aromatic nitrogens is 2. The number of alkyl halides is 3. The van der Waals surface area contributed by atoms with Crippen LogP contribution in [0.4, 0.5) is 13.2 Å². The lowest BCUT2D eigenvalue weighted by atomic mass is 9.59.